The molecule has 6 heterocycles. The van der Waals surface area contributed by atoms with E-state index in [2.05, 4.69) is 25.0 Å². The Kier molecular flexibility index (Phi) is 19.9. The van der Waals surface area contributed by atoms with Crippen LogP contribution in [0.3, 0.4) is 0 Å². The summed E-state index contributed by atoms with van der Waals surface area (Å²) in [4.78, 5) is 78.0. The lowest BCUT2D eigenvalue weighted by Crippen LogP contribution is -2.42. The highest BCUT2D eigenvalue weighted by atomic mass is 16.5. The molecular formula is C70H87N15O9. The van der Waals surface area contributed by atoms with Crippen molar-refractivity contribution in [2.24, 2.45) is 33.4 Å². The molecule has 6 aromatic rings. The number of carbonyl (C=O) groups excluding carboxylic acids is 6. The molecule has 24 nitrogen and oxygen atoms in total. The van der Waals surface area contributed by atoms with E-state index in [9.17, 15) is 28.8 Å². The van der Waals surface area contributed by atoms with Crippen LogP contribution in [0.15, 0.2) is 98.1 Å². The van der Waals surface area contributed by atoms with Crippen molar-refractivity contribution in [2.45, 2.75) is 123 Å². The third-order valence-corrected chi connectivity index (χ3v) is 19.2. The van der Waals surface area contributed by atoms with Crippen LogP contribution in [0.5, 0.6) is 17.2 Å². The highest BCUT2D eigenvalue weighted by Gasteiger charge is 2.53. The number of likely N-dealkylation sites (tertiary alicyclic amines) is 3. The summed E-state index contributed by atoms with van der Waals surface area (Å²) in [7, 11) is 0. The van der Waals surface area contributed by atoms with Crippen molar-refractivity contribution in [3.05, 3.63) is 115 Å². The van der Waals surface area contributed by atoms with Crippen molar-refractivity contribution in [1.82, 2.24) is 44.0 Å². The lowest BCUT2D eigenvalue weighted by atomic mass is 9.65. The van der Waals surface area contributed by atoms with E-state index in [1.165, 1.54) is 12.2 Å². The molecule has 496 valence electrons. The number of anilines is 3. The molecule has 6 amide bonds. The first kappa shape index (κ1) is 66.9. The first-order chi connectivity index (χ1) is 45.1. The van der Waals surface area contributed by atoms with Gasteiger partial charge in [-0.05, 0) is 191 Å². The van der Waals surface area contributed by atoms with Crippen LogP contribution in [-0.4, -0.2) is 139 Å². The van der Waals surface area contributed by atoms with Crippen LogP contribution in [0.4, 0.5) is 17.5 Å². The average Bonchev–Trinajstić information content (AvgIpc) is 1.58. The maximum Gasteiger partial charge on any atom is 0.298 e. The third-order valence-electron chi connectivity index (χ3n) is 19.2. The number of nitrogens with two attached hydrogens (primary N) is 6. The lowest BCUT2D eigenvalue weighted by molar-refractivity contribution is -0.126. The fourth-order valence-corrected chi connectivity index (χ4v) is 14.4. The van der Waals surface area contributed by atoms with Crippen molar-refractivity contribution < 1.29 is 43.0 Å². The van der Waals surface area contributed by atoms with Gasteiger partial charge >= 0.3 is 0 Å². The van der Waals surface area contributed by atoms with Gasteiger partial charge in [0.1, 0.15) is 68.5 Å². The van der Waals surface area contributed by atoms with Crippen molar-refractivity contribution in [3.8, 4) is 62.9 Å². The monoisotopic (exact) mass is 1280 g/mol. The molecule has 3 saturated carbocycles. The van der Waals surface area contributed by atoms with E-state index in [4.69, 9.17) is 63.9 Å². The first-order valence-corrected chi connectivity index (χ1v) is 32.4. The molecule has 3 saturated heterocycles. The van der Waals surface area contributed by atoms with Crippen molar-refractivity contribution in [1.29, 1.82) is 0 Å². The average molecular weight is 1280 g/mol. The molecule has 3 aliphatic carbocycles. The number of carbonyl (C=O) groups is 6. The molecular weight excluding hydrogens is 1190 g/mol. The van der Waals surface area contributed by atoms with Gasteiger partial charge in [0, 0.05) is 56.0 Å². The zero-order valence-corrected chi connectivity index (χ0v) is 54.2. The summed E-state index contributed by atoms with van der Waals surface area (Å²) in [6, 6.07) is 22.5. The van der Waals surface area contributed by atoms with Gasteiger partial charge in [0.2, 0.25) is 11.8 Å². The Labute approximate surface area is 547 Å². The van der Waals surface area contributed by atoms with Crippen LogP contribution in [-0.2, 0) is 14.4 Å². The van der Waals surface area contributed by atoms with Gasteiger partial charge in [-0.1, -0.05) is 39.8 Å². The van der Waals surface area contributed by atoms with Gasteiger partial charge in [0.15, 0.2) is 0 Å². The largest absolute Gasteiger partial charge is 0.494 e. The van der Waals surface area contributed by atoms with Crippen molar-refractivity contribution in [3.63, 3.8) is 0 Å². The molecule has 3 aliphatic heterocycles. The molecule has 0 bridgehead atoms. The van der Waals surface area contributed by atoms with Gasteiger partial charge < -0.3 is 63.3 Å². The van der Waals surface area contributed by atoms with Gasteiger partial charge in [-0.25, -0.2) is 14.0 Å². The second kappa shape index (κ2) is 28.0. The number of rotatable bonds is 20. The predicted molar refractivity (Wildman–Crippen MR) is 359 cm³/mol. The van der Waals surface area contributed by atoms with E-state index in [-0.39, 0.29) is 68.8 Å². The zero-order chi connectivity index (χ0) is 67.2. The van der Waals surface area contributed by atoms with E-state index in [1.807, 2.05) is 108 Å². The highest BCUT2D eigenvalue weighted by Crippen LogP contribution is 2.57. The number of primary amides is 3. The van der Waals surface area contributed by atoms with Crippen LogP contribution >= 0.6 is 0 Å². The summed E-state index contributed by atoms with van der Waals surface area (Å²) < 4.78 is 22.1. The first-order valence-electron chi connectivity index (χ1n) is 32.4. The van der Waals surface area contributed by atoms with E-state index >= 15 is 0 Å². The second-order valence-corrected chi connectivity index (χ2v) is 25.8. The number of ether oxygens (including phenoxy) is 3. The Balaban J connectivity index is 0.000000154. The highest BCUT2D eigenvalue weighted by molar-refractivity contribution is 6.05. The van der Waals surface area contributed by atoms with Gasteiger partial charge in [0.25, 0.3) is 23.6 Å². The van der Waals surface area contributed by atoms with Crippen LogP contribution in [0.1, 0.15) is 154 Å². The Morgan fingerprint density at radius 2 is 0.766 bits per heavy atom. The summed E-state index contributed by atoms with van der Waals surface area (Å²) in [6.07, 6.45) is 13.5. The number of hydrogen-bond donors (Lipinski definition) is 6. The van der Waals surface area contributed by atoms with Gasteiger partial charge in [-0.2, -0.15) is 15.3 Å². The summed E-state index contributed by atoms with van der Waals surface area (Å²) in [6.45, 7) is 21.3. The fourth-order valence-electron chi connectivity index (χ4n) is 14.4. The number of hydrogen-bond acceptors (Lipinski definition) is 15. The molecule has 94 heavy (non-hydrogen) atoms. The Bertz CT molecular complexity index is 3730. The molecule has 12 rings (SSSR count). The number of nitrogens with zero attached hydrogens (tertiary/aromatic N) is 9. The minimum Gasteiger partial charge on any atom is -0.494 e. The minimum atomic E-state index is -0.597. The third kappa shape index (κ3) is 13.7. The van der Waals surface area contributed by atoms with E-state index < -0.39 is 17.7 Å². The normalized spacial score (nSPS) is 22.1. The predicted octanol–water partition coefficient (Wildman–Crippen LogP) is 8.12. The number of nitrogen functional groups attached to an aromatic ring is 3. The summed E-state index contributed by atoms with van der Waals surface area (Å²) in [5.74, 6) is 6.52. The van der Waals surface area contributed by atoms with Crippen LogP contribution in [0.2, 0.25) is 0 Å². The molecule has 3 aromatic carbocycles. The molecule has 3 aromatic heterocycles. The molecule has 6 fully saturated rings. The molecule has 6 aliphatic rings. The number of aromatic nitrogens is 6. The minimum absolute atomic E-state index is 0.0245. The second-order valence-electron chi connectivity index (χ2n) is 25.8. The van der Waals surface area contributed by atoms with Gasteiger partial charge in [-0.3, -0.25) is 28.8 Å². The Morgan fingerprint density at radius 3 is 1.02 bits per heavy atom. The molecule has 0 radical (unpaired) electrons. The summed E-state index contributed by atoms with van der Waals surface area (Å²) in [5, 5.41) is 14.1. The standard InChI is InChI=1S/C24H29N5O3.2C23H29N5O3/c1-3-5-19(30)28-11-10-24(15-28)13-17(14-24)29-22(25)20(23(26)31)21(27-29)16-6-8-18(9-7-16)32-12-4-2;2*1-3-11-31-17-7-5-15(6-8-17)20-19(22(25)30)21(24)28(26-20)16-12-23(13-16)9-10-27(14-23)18(29)4-2/h6-9,17H,4,10-15,25H2,1-2H3,(H2,26,31);2*4-8,16H,2-3,9-14,24H2,1H3,(H2,25,30). The van der Waals surface area contributed by atoms with Gasteiger partial charge in [-0.15, -0.1) is 0 Å². The van der Waals surface area contributed by atoms with E-state index in [0.29, 0.717) is 60.9 Å². The molecule has 3 spiro atoms. The van der Waals surface area contributed by atoms with E-state index in [0.717, 1.165) is 144 Å². The number of benzene rings is 3. The molecule has 12 N–H and O–H groups in total. The number of amides is 6. The van der Waals surface area contributed by atoms with Crippen molar-refractivity contribution >= 4 is 52.9 Å². The van der Waals surface area contributed by atoms with E-state index in [1.54, 1.807) is 21.0 Å². The summed E-state index contributed by atoms with van der Waals surface area (Å²) >= 11 is 0. The Morgan fingerprint density at radius 1 is 0.489 bits per heavy atom. The fraction of sp³-hybridized carbons (Fsp3) is 0.443. The van der Waals surface area contributed by atoms with Gasteiger partial charge in [0.05, 0.1) is 37.9 Å². The SMILES string of the molecule is C=CC(=O)N1CCC2(CC(n3nc(-c4ccc(OCCC)cc4)c(C(N)=O)c3N)C2)C1.C=CC(=O)N1CCC2(CC(n3nc(-c4ccc(OCCC)cc4)c(C(N)=O)c3N)C2)C1.CC#CC(=O)N1CCC2(CC(n3nc(-c4ccc(OCCC)cc4)c(C(N)=O)c3N)C2)C1. The molecule has 24 heteroatoms. The topological polar surface area (TPSA) is 349 Å². The maximum absolute atomic E-state index is 12.2. The quantitative estimate of drug-likeness (QED) is 0.0310. The zero-order valence-electron chi connectivity index (χ0n) is 54.2. The smallest absolute Gasteiger partial charge is 0.298 e. The lowest BCUT2D eigenvalue weighted by Gasteiger charge is -2.45. The van der Waals surface area contributed by atoms with Crippen molar-refractivity contribution in [2.75, 3.05) is 76.3 Å². The maximum atomic E-state index is 12.2. The summed E-state index contributed by atoms with van der Waals surface area (Å²) in [5.41, 5.74) is 40.7. The Hall–Kier alpha value is -10.1. The molecule has 0 atom stereocenters. The molecule has 0 unspecified atom stereocenters. The van der Waals surface area contributed by atoms with Crippen LogP contribution in [0, 0.1) is 28.1 Å². The van der Waals surface area contributed by atoms with Crippen LogP contribution < -0.4 is 48.6 Å². The van der Waals surface area contributed by atoms with Crippen LogP contribution in [0.25, 0.3) is 33.8 Å².